The van der Waals surface area contributed by atoms with Gasteiger partial charge in [0.2, 0.25) is 0 Å². The van der Waals surface area contributed by atoms with Gasteiger partial charge in [-0.05, 0) is 86.3 Å². The van der Waals surface area contributed by atoms with E-state index >= 15 is 0 Å². The van der Waals surface area contributed by atoms with Gasteiger partial charge in [-0.2, -0.15) is 10.5 Å². The summed E-state index contributed by atoms with van der Waals surface area (Å²) >= 11 is 5.49. The van der Waals surface area contributed by atoms with E-state index in [-0.39, 0.29) is 22.8 Å². The summed E-state index contributed by atoms with van der Waals surface area (Å²) in [6.07, 6.45) is 11.5. The zero-order valence-corrected chi connectivity index (χ0v) is 32.8. The van der Waals surface area contributed by atoms with Crippen LogP contribution in [0.25, 0.3) is 11.4 Å². The van der Waals surface area contributed by atoms with Crippen molar-refractivity contribution >= 4 is 17.4 Å². The topological polar surface area (TPSA) is 157 Å². The molecule has 0 aliphatic carbocycles. The molecule has 4 aromatic heterocycles. The Hall–Kier alpha value is -6.17. The molecule has 0 saturated carbocycles. The first-order valence-electron chi connectivity index (χ1n) is 19.6. The summed E-state index contributed by atoms with van der Waals surface area (Å²) in [5.74, 6) is 0.227. The fourth-order valence-corrected chi connectivity index (χ4v) is 8.57. The van der Waals surface area contributed by atoms with Gasteiger partial charge < -0.3 is 10.2 Å². The zero-order chi connectivity index (χ0) is 40.7. The fraction of sp³-hybridized carbons (Fsp3) is 0.333. The number of nitrogens with one attached hydrogen (secondary N) is 1. The molecule has 8 heterocycles. The number of nitriles is 2. The summed E-state index contributed by atoms with van der Waals surface area (Å²) in [5.41, 5.74) is 4.32. The third-order valence-electron chi connectivity index (χ3n) is 11.2. The average Bonchev–Trinajstić information content (AvgIpc) is 4.11. The summed E-state index contributed by atoms with van der Waals surface area (Å²) in [5, 5.41) is 38.5. The highest BCUT2D eigenvalue weighted by molar-refractivity contribution is 6.30. The van der Waals surface area contributed by atoms with E-state index in [2.05, 4.69) is 56.7 Å². The van der Waals surface area contributed by atoms with Gasteiger partial charge in [-0.15, -0.1) is 10.2 Å². The molecular formula is C42H41ClF2N14. The van der Waals surface area contributed by atoms with Crippen LogP contribution in [0.3, 0.4) is 0 Å². The SMILES string of the molecule is Fc1cccc(-n2cc([C@H]3CC[C@H]4CNCCN43)nn2)c1.N#Cc1cccnc1Cl.N#Cc1cccnc1N1CCN2[C@@H](CC[C@@H]2c2cn(-c3cccc(F)c3)nn2)C1. The Morgan fingerprint density at radius 1 is 0.678 bits per heavy atom. The number of aromatic nitrogens is 8. The highest BCUT2D eigenvalue weighted by Crippen LogP contribution is 2.38. The predicted molar refractivity (Wildman–Crippen MR) is 216 cm³/mol. The van der Waals surface area contributed by atoms with E-state index < -0.39 is 0 Å². The first-order chi connectivity index (χ1) is 28.9. The van der Waals surface area contributed by atoms with Crippen molar-refractivity contribution < 1.29 is 8.78 Å². The molecule has 0 unspecified atom stereocenters. The van der Waals surface area contributed by atoms with E-state index in [1.165, 1.54) is 30.7 Å². The van der Waals surface area contributed by atoms with Gasteiger partial charge in [0.15, 0.2) is 0 Å². The lowest BCUT2D eigenvalue weighted by molar-refractivity contribution is 0.159. The predicted octanol–water partition coefficient (Wildman–Crippen LogP) is 5.82. The van der Waals surface area contributed by atoms with Gasteiger partial charge in [-0.3, -0.25) is 9.80 Å². The minimum atomic E-state index is -0.289. The van der Waals surface area contributed by atoms with Crippen LogP contribution in [-0.2, 0) is 0 Å². The van der Waals surface area contributed by atoms with Gasteiger partial charge >= 0.3 is 0 Å². The quantitative estimate of drug-likeness (QED) is 0.209. The maximum atomic E-state index is 13.5. The number of hydrogen-bond acceptors (Lipinski definition) is 12. The van der Waals surface area contributed by atoms with E-state index in [0.717, 1.165) is 75.7 Å². The second kappa shape index (κ2) is 18.2. The summed E-state index contributed by atoms with van der Waals surface area (Å²) < 4.78 is 30.1. The van der Waals surface area contributed by atoms with Crippen molar-refractivity contribution in [2.24, 2.45) is 0 Å². The largest absolute Gasteiger partial charge is 0.353 e. The average molecular weight is 815 g/mol. The molecule has 4 aliphatic rings. The van der Waals surface area contributed by atoms with Crippen LogP contribution in [0.2, 0.25) is 5.15 Å². The molecular weight excluding hydrogens is 774 g/mol. The van der Waals surface area contributed by atoms with Gasteiger partial charge in [0.25, 0.3) is 0 Å². The van der Waals surface area contributed by atoms with E-state index in [1.807, 2.05) is 36.7 Å². The molecule has 4 fully saturated rings. The molecule has 6 aromatic rings. The maximum absolute atomic E-state index is 13.5. The number of nitrogens with zero attached hydrogens (tertiary/aromatic N) is 13. The number of pyridine rings is 2. The number of benzene rings is 2. The second-order valence-electron chi connectivity index (χ2n) is 14.7. The van der Waals surface area contributed by atoms with E-state index in [0.29, 0.717) is 40.6 Å². The van der Waals surface area contributed by atoms with Crippen LogP contribution in [0, 0.1) is 34.3 Å². The molecule has 2 aromatic carbocycles. The molecule has 0 spiro atoms. The van der Waals surface area contributed by atoms with Crippen molar-refractivity contribution in [2.45, 2.75) is 49.9 Å². The lowest BCUT2D eigenvalue weighted by Gasteiger charge is -2.40. The summed E-state index contributed by atoms with van der Waals surface area (Å²) in [6.45, 7) is 5.70. The Balaban J connectivity index is 0.000000140. The number of halogens is 3. The van der Waals surface area contributed by atoms with Gasteiger partial charge in [0.1, 0.15) is 46.1 Å². The summed E-state index contributed by atoms with van der Waals surface area (Å²) in [7, 11) is 0. The van der Waals surface area contributed by atoms with Crippen LogP contribution < -0.4 is 10.2 Å². The smallest absolute Gasteiger partial charge is 0.146 e. The van der Waals surface area contributed by atoms with Crippen molar-refractivity contribution in [1.82, 2.24) is 55.1 Å². The van der Waals surface area contributed by atoms with E-state index in [9.17, 15) is 14.0 Å². The van der Waals surface area contributed by atoms with Crippen LogP contribution in [0.1, 0.15) is 60.3 Å². The van der Waals surface area contributed by atoms with Gasteiger partial charge in [-0.25, -0.2) is 28.1 Å². The third-order valence-corrected chi connectivity index (χ3v) is 11.5. The molecule has 0 amide bonds. The van der Waals surface area contributed by atoms with Gasteiger partial charge in [-0.1, -0.05) is 34.2 Å². The van der Waals surface area contributed by atoms with Crippen molar-refractivity contribution in [3.63, 3.8) is 0 Å². The zero-order valence-electron chi connectivity index (χ0n) is 32.1. The highest BCUT2D eigenvalue weighted by Gasteiger charge is 2.40. The van der Waals surface area contributed by atoms with Crippen LogP contribution in [0.4, 0.5) is 14.6 Å². The molecule has 0 bridgehead atoms. The van der Waals surface area contributed by atoms with Crippen molar-refractivity contribution in [1.29, 1.82) is 10.5 Å². The van der Waals surface area contributed by atoms with Gasteiger partial charge in [0.05, 0.1) is 47.0 Å². The fourth-order valence-electron chi connectivity index (χ4n) is 8.41. The standard InChI is InChI=1S/C21H20FN7.C15H18FN5.C6H3ClN2/c22-16-4-1-5-17(11-16)29-14-19(25-26-29)20-7-6-18-13-27(9-10-28(18)20)21-15(12-23)3-2-8-24-21;16-11-2-1-3-12(8-11)21-10-14(18-19-21)15-5-4-13-9-17-6-7-20(13)15;7-6-5(4-8)2-1-3-9-6/h1-5,8,11,14,18,20H,6-7,9-10,13H2;1-3,8,10,13,15,17H,4-7,9H2;1-3H/t18-,20+;13-,15+;/m00./s1. The van der Waals surface area contributed by atoms with Crippen LogP contribution >= 0.6 is 11.6 Å². The molecule has 17 heteroatoms. The first-order valence-corrected chi connectivity index (χ1v) is 20.0. The highest BCUT2D eigenvalue weighted by atomic mass is 35.5. The Labute approximate surface area is 345 Å². The monoisotopic (exact) mass is 814 g/mol. The molecule has 59 heavy (non-hydrogen) atoms. The second-order valence-corrected chi connectivity index (χ2v) is 15.1. The number of hydrogen-bond donors (Lipinski definition) is 1. The molecule has 14 nitrogen and oxygen atoms in total. The number of rotatable bonds is 5. The minimum absolute atomic E-state index is 0.212. The van der Waals surface area contributed by atoms with Crippen LogP contribution in [0.5, 0.6) is 0 Å². The van der Waals surface area contributed by atoms with E-state index in [4.69, 9.17) is 16.9 Å². The molecule has 10 rings (SSSR count). The Bertz CT molecular complexity index is 2460. The number of fused-ring (bicyclic) bond motifs is 2. The molecule has 4 atom stereocenters. The molecule has 4 aliphatic heterocycles. The third kappa shape index (κ3) is 8.96. The summed E-state index contributed by atoms with van der Waals surface area (Å²) in [4.78, 5) is 15.3. The first kappa shape index (κ1) is 39.6. The Kier molecular flexibility index (Phi) is 12.2. The normalized spacial score (nSPS) is 21.2. The Morgan fingerprint density at radius 3 is 1.86 bits per heavy atom. The van der Waals surface area contributed by atoms with Crippen molar-refractivity contribution in [3.8, 4) is 23.5 Å². The van der Waals surface area contributed by atoms with Crippen LogP contribution in [0.15, 0.2) is 97.6 Å². The number of piperazine rings is 2. The van der Waals surface area contributed by atoms with Crippen molar-refractivity contribution in [2.75, 3.05) is 44.2 Å². The molecule has 4 saturated heterocycles. The van der Waals surface area contributed by atoms with E-state index in [1.54, 1.807) is 52.1 Å². The maximum Gasteiger partial charge on any atom is 0.146 e. The Morgan fingerprint density at radius 2 is 1.27 bits per heavy atom. The molecule has 300 valence electrons. The van der Waals surface area contributed by atoms with Crippen LogP contribution in [-0.4, -0.2) is 101 Å². The lowest BCUT2D eigenvalue weighted by atomic mass is 10.1. The summed E-state index contributed by atoms with van der Waals surface area (Å²) in [6, 6.07) is 25.4. The number of anilines is 1. The van der Waals surface area contributed by atoms with Gasteiger partial charge in [0, 0.05) is 63.7 Å². The molecule has 0 radical (unpaired) electrons. The lowest BCUT2D eigenvalue weighted by Crippen LogP contribution is -2.51. The van der Waals surface area contributed by atoms with Crippen molar-refractivity contribution in [3.05, 3.63) is 137 Å². The molecule has 1 N–H and O–H groups in total. The minimum Gasteiger partial charge on any atom is -0.353 e.